The van der Waals surface area contributed by atoms with Gasteiger partial charge in [-0.25, -0.2) is 4.68 Å². The van der Waals surface area contributed by atoms with Crippen LogP contribution in [0.15, 0.2) is 66.9 Å². The monoisotopic (exact) mass is 372 g/mol. The van der Waals surface area contributed by atoms with Gasteiger partial charge in [0.1, 0.15) is 0 Å². The molecular weight excluding hydrogens is 348 g/mol. The summed E-state index contributed by atoms with van der Waals surface area (Å²) in [4.78, 5) is 15.2. The molecule has 28 heavy (non-hydrogen) atoms. The summed E-state index contributed by atoms with van der Waals surface area (Å²) in [6, 6.07) is 21.0. The molecule has 0 saturated carbocycles. The number of carbonyl (C=O) groups is 1. The molecule has 5 rings (SSSR count). The zero-order valence-corrected chi connectivity index (χ0v) is 15.8. The Kier molecular flexibility index (Phi) is 4.45. The van der Waals surface area contributed by atoms with Crippen molar-refractivity contribution in [3.05, 3.63) is 72.4 Å². The van der Waals surface area contributed by atoms with E-state index in [1.807, 2.05) is 58.1 Å². The lowest BCUT2D eigenvalue weighted by atomic mass is 10.1. The van der Waals surface area contributed by atoms with Gasteiger partial charge in [0.15, 0.2) is 0 Å². The van der Waals surface area contributed by atoms with Crippen molar-refractivity contribution in [2.45, 2.75) is 31.3 Å². The highest BCUT2D eigenvalue weighted by Crippen LogP contribution is 2.24. The molecule has 1 N–H and O–H groups in total. The van der Waals surface area contributed by atoms with Crippen LogP contribution in [-0.2, 0) is 0 Å². The number of nitrogens with one attached hydrogen (secondary N) is 1. The maximum atomic E-state index is 13.2. The van der Waals surface area contributed by atoms with Gasteiger partial charge >= 0.3 is 0 Å². The number of nitrogens with zero attached hydrogens (tertiary/aromatic N) is 3. The Morgan fingerprint density at radius 1 is 0.964 bits per heavy atom. The van der Waals surface area contributed by atoms with Crippen molar-refractivity contribution in [1.82, 2.24) is 20.0 Å². The van der Waals surface area contributed by atoms with Crippen LogP contribution in [0.5, 0.6) is 0 Å². The second-order valence-electron chi connectivity index (χ2n) is 7.72. The highest BCUT2D eigenvalue weighted by Gasteiger charge is 2.31. The van der Waals surface area contributed by atoms with E-state index in [-0.39, 0.29) is 5.91 Å². The van der Waals surface area contributed by atoms with Crippen molar-refractivity contribution in [2.24, 2.45) is 0 Å². The van der Waals surface area contributed by atoms with Crippen molar-refractivity contribution in [2.75, 3.05) is 13.1 Å². The lowest BCUT2D eigenvalue weighted by Crippen LogP contribution is -2.39. The van der Waals surface area contributed by atoms with Crippen LogP contribution in [0.25, 0.3) is 16.9 Å². The Balaban J connectivity index is 1.43. The molecule has 2 aliphatic heterocycles. The third-order valence-electron chi connectivity index (χ3n) is 5.86. The first-order chi connectivity index (χ1) is 13.8. The number of benzene rings is 2. The summed E-state index contributed by atoms with van der Waals surface area (Å²) in [5.41, 5.74) is 3.75. The molecule has 0 aliphatic carbocycles. The second kappa shape index (κ2) is 7.24. The average Bonchev–Trinajstić information content (AvgIpc) is 3.35. The lowest BCUT2D eigenvalue weighted by molar-refractivity contribution is 0.0748. The summed E-state index contributed by atoms with van der Waals surface area (Å²) < 4.78 is 1.90. The first kappa shape index (κ1) is 17.2. The molecule has 1 aromatic heterocycles. The lowest BCUT2D eigenvalue weighted by Gasteiger charge is -2.24. The van der Waals surface area contributed by atoms with E-state index in [1.165, 1.54) is 12.8 Å². The number of fused-ring (bicyclic) bond motifs is 2. The maximum absolute atomic E-state index is 13.2. The van der Waals surface area contributed by atoms with Crippen LogP contribution in [0.3, 0.4) is 0 Å². The minimum atomic E-state index is 0.115. The second-order valence-corrected chi connectivity index (χ2v) is 7.72. The number of rotatable bonds is 3. The number of carbonyl (C=O) groups excluding carboxylic acids is 1. The first-order valence-electron chi connectivity index (χ1n) is 10.0. The molecule has 5 heteroatoms. The predicted molar refractivity (Wildman–Crippen MR) is 109 cm³/mol. The van der Waals surface area contributed by atoms with E-state index in [2.05, 4.69) is 22.5 Å². The third-order valence-corrected chi connectivity index (χ3v) is 5.86. The van der Waals surface area contributed by atoms with E-state index in [0.29, 0.717) is 12.1 Å². The largest absolute Gasteiger partial charge is 0.337 e. The van der Waals surface area contributed by atoms with Gasteiger partial charge in [-0.15, -0.1) is 0 Å². The number of hydrogen-bond acceptors (Lipinski definition) is 3. The van der Waals surface area contributed by atoms with Gasteiger partial charge in [-0.3, -0.25) is 4.79 Å². The molecule has 3 heterocycles. The van der Waals surface area contributed by atoms with Crippen molar-refractivity contribution in [3.8, 4) is 16.9 Å². The summed E-state index contributed by atoms with van der Waals surface area (Å²) >= 11 is 0. The van der Waals surface area contributed by atoms with Crippen molar-refractivity contribution in [1.29, 1.82) is 0 Å². The van der Waals surface area contributed by atoms with Gasteiger partial charge in [-0.05, 0) is 43.5 Å². The van der Waals surface area contributed by atoms with Crippen LogP contribution in [0.1, 0.15) is 29.6 Å². The maximum Gasteiger partial charge on any atom is 0.253 e. The summed E-state index contributed by atoms with van der Waals surface area (Å²) in [6.07, 6.45) is 5.25. The summed E-state index contributed by atoms with van der Waals surface area (Å²) in [5, 5.41) is 8.14. The predicted octanol–water partition coefficient (Wildman–Crippen LogP) is 3.51. The highest BCUT2D eigenvalue weighted by atomic mass is 16.2. The van der Waals surface area contributed by atoms with E-state index >= 15 is 0 Å². The van der Waals surface area contributed by atoms with Gasteiger partial charge in [0.25, 0.3) is 5.91 Å². The third kappa shape index (κ3) is 3.22. The van der Waals surface area contributed by atoms with E-state index in [9.17, 15) is 4.79 Å². The number of amides is 1. The Labute approximate surface area is 165 Å². The van der Waals surface area contributed by atoms with Crippen LogP contribution in [0.2, 0.25) is 0 Å². The fourth-order valence-corrected chi connectivity index (χ4v) is 4.42. The van der Waals surface area contributed by atoms with Gasteiger partial charge in [0.2, 0.25) is 0 Å². The fraction of sp³-hybridized carbons (Fsp3) is 0.304. The molecule has 142 valence electrons. The highest BCUT2D eigenvalue weighted by molar-refractivity contribution is 5.95. The molecule has 2 unspecified atom stereocenters. The molecule has 2 aliphatic rings. The van der Waals surface area contributed by atoms with Crippen LogP contribution in [0.4, 0.5) is 0 Å². The average molecular weight is 372 g/mol. The van der Waals surface area contributed by atoms with Gasteiger partial charge in [-0.1, -0.05) is 36.4 Å². The summed E-state index contributed by atoms with van der Waals surface area (Å²) in [5.74, 6) is 0.115. The van der Waals surface area contributed by atoms with E-state index in [0.717, 1.165) is 42.0 Å². The minimum Gasteiger partial charge on any atom is -0.337 e. The minimum absolute atomic E-state index is 0.115. The molecule has 0 radical (unpaired) electrons. The van der Waals surface area contributed by atoms with Crippen LogP contribution in [0, 0.1) is 0 Å². The summed E-state index contributed by atoms with van der Waals surface area (Å²) in [6.45, 7) is 1.63. The number of likely N-dealkylation sites (tertiary alicyclic amines) is 1. The number of aromatic nitrogens is 2. The molecule has 2 atom stereocenters. The van der Waals surface area contributed by atoms with Crippen molar-refractivity contribution in [3.63, 3.8) is 0 Å². The first-order valence-corrected chi connectivity index (χ1v) is 10.0. The molecule has 1 amide bonds. The molecule has 2 aromatic carbocycles. The molecular formula is C23H24N4O. The molecule has 3 aromatic rings. The SMILES string of the molecule is O=C(c1cccc(-n2nccc2-c2ccccc2)c1)N1CCC2CCC(C1)N2. The fourth-order valence-electron chi connectivity index (χ4n) is 4.42. The zero-order chi connectivity index (χ0) is 18.9. The van der Waals surface area contributed by atoms with Gasteiger partial charge in [-0.2, -0.15) is 5.10 Å². The standard InChI is InChI=1S/C23H24N4O/c28-23(26-14-12-19-9-10-20(16-26)25-19)18-7-4-8-21(15-18)27-22(11-13-24-27)17-5-2-1-3-6-17/h1-8,11,13,15,19-20,25H,9-10,12,14,16H2. The Hall–Kier alpha value is -2.92. The van der Waals surface area contributed by atoms with Crippen LogP contribution >= 0.6 is 0 Å². The number of hydrogen-bond donors (Lipinski definition) is 1. The van der Waals surface area contributed by atoms with Gasteiger partial charge in [0.05, 0.1) is 17.6 Å². The van der Waals surface area contributed by atoms with Crippen LogP contribution in [-0.4, -0.2) is 45.8 Å². The smallest absolute Gasteiger partial charge is 0.253 e. The van der Waals surface area contributed by atoms with E-state index < -0.39 is 0 Å². The van der Waals surface area contributed by atoms with Gasteiger partial charge < -0.3 is 10.2 Å². The molecule has 5 nitrogen and oxygen atoms in total. The Bertz CT molecular complexity index is 981. The Morgan fingerprint density at radius 3 is 2.71 bits per heavy atom. The Morgan fingerprint density at radius 2 is 1.82 bits per heavy atom. The molecule has 2 saturated heterocycles. The topological polar surface area (TPSA) is 50.2 Å². The van der Waals surface area contributed by atoms with Crippen molar-refractivity contribution >= 4 is 5.91 Å². The van der Waals surface area contributed by atoms with Crippen LogP contribution < -0.4 is 5.32 Å². The molecule has 2 bridgehead atoms. The summed E-state index contributed by atoms with van der Waals surface area (Å²) in [7, 11) is 0. The molecule has 2 fully saturated rings. The van der Waals surface area contributed by atoms with E-state index in [1.54, 1.807) is 6.20 Å². The quantitative estimate of drug-likeness (QED) is 0.765. The normalized spacial score (nSPS) is 21.5. The van der Waals surface area contributed by atoms with Crippen molar-refractivity contribution < 1.29 is 4.79 Å². The molecule has 0 spiro atoms. The zero-order valence-electron chi connectivity index (χ0n) is 15.8. The van der Waals surface area contributed by atoms with E-state index in [4.69, 9.17) is 0 Å². The van der Waals surface area contributed by atoms with Gasteiger partial charge in [0, 0.05) is 36.3 Å².